The maximum atomic E-state index is 13.0. The minimum absolute atomic E-state index is 0.174. The van der Waals surface area contributed by atoms with E-state index in [2.05, 4.69) is 50.1 Å². The average Bonchev–Trinajstić information content (AvgIpc) is 3.27. The van der Waals surface area contributed by atoms with Gasteiger partial charge in [-0.15, -0.1) is 0 Å². The average molecular weight is 516 g/mol. The number of pyridine rings is 1. The molecule has 0 saturated carbocycles. The summed E-state index contributed by atoms with van der Waals surface area (Å²) < 4.78 is 5.58. The van der Waals surface area contributed by atoms with Gasteiger partial charge in [0.1, 0.15) is 17.5 Å². The largest absolute Gasteiger partial charge is 0.497 e. The van der Waals surface area contributed by atoms with Crippen LogP contribution in [0.4, 0.5) is 5.69 Å². The Bertz CT molecular complexity index is 1070. The molecule has 2 unspecified atom stereocenters. The molecule has 1 aromatic carbocycles. The summed E-state index contributed by atoms with van der Waals surface area (Å²) in [5, 5.41) is 9.09. The SMILES string of the molecule is CCC(I)C1c2[nH]ncc2N=C(c2cccc(OC)c2)N1NC(=O)c1cccnc1. The molecule has 9 heteroatoms. The molecule has 2 N–H and O–H groups in total. The van der Waals surface area contributed by atoms with Gasteiger partial charge in [-0.05, 0) is 30.7 Å². The van der Waals surface area contributed by atoms with E-state index in [9.17, 15) is 4.79 Å². The molecule has 3 aromatic rings. The van der Waals surface area contributed by atoms with Gasteiger partial charge in [0.05, 0.1) is 24.6 Å². The van der Waals surface area contributed by atoms with Crippen molar-refractivity contribution >= 4 is 40.0 Å². The lowest BCUT2D eigenvalue weighted by Crippen LogP contribution is -2.52. The maximum absolute atomic E-state index is 13.0. The second-order valence-corrected chi connectivity index (χ2v) is 8.36. The van der Waals surface area contributed by atoms with Crippen LogP contribution in [0.25, 0.3) is 0 Å². The minimum Gasteiger partial charge on any atom is -0.497 e. The van der Waals surface area contributed by atoms with Gasteiger partial charge in [0.25, 0.3) is 5.91 Å². The smallest absolute Gasteiger partial charge is 0.271 e. The number of aliphatic imine (C=N–C) groups is 1. The molecular formula is C21H21IN6O2. The Labute approximate surface area is 187 Å². The highest BCUT2D eigenvalue weighted by molar-refractivity contribution is 14.1. The van der Waals surface area contributed by atoms with E-state index in [-0.39, 0.29) is 15.9 Å². The molecule has 1 aliphatic heterocycles. The molecule has 3 heterocycles. The minimum atomic E-state index is -0.258. The number of carbonyl (C=O) groups is 1. The van der Waals surface area contributed by atoms with Crippen molar-refractivity contribution in [1.82, 2.24) is 25.6 Å². The van der Waals surface area contributed by atoms with Gasteiger partial charge < -0.3 is 4.74 Å². The molecule has 8 nitrogen and oxygen atoms in total. The number of nitrogens with zero attached hydrogens (tertiary/aromatic N) is 4. The Hall–Kier alpha value is -2.95. The van der Waals surface area contributed by atoms with Crippen LogP contribution >= 0.6 is 22.6 Å². The molecule has 0 radical (unpaired) electrons. The normalized spacial score (nSPS) is 16.4. The topological polar surface area (TPSA) is 95.5 Å². The summed E-state index contributed by atoms with van der Waals surface area (Å²) in [6.07, 6.45) is 5.79. The van der Waals surface area contributed by atoms with E-state index in [1.807, 2.05) is 29.3 Å². The molecular weight excluding hydrogens is 495 g/mol. The molecule has 0 aliphatic carbocycles. The number of ether oxygens (including phenoxy) is 1. The van der Waals surface area contributed by atoms with E-state index in [1.54, 1.807) is 37.8 Å². The monoisotopic (exact) mass is 516 g/mol. The summed E-state index contributed by atoms with van der Waals surface area (Å²) >= 11 is 2.41. The number of aromatic amines is 1. The Morgan fingerprint density at radius 2 is 2.20 bits per heavy atom. The summed E-state index contributed by atoms with van der Waals surface area (Å²) in [5.41, 5.74) is 5.98. The lowest BCUT2D eigenvalue weighted by atomic mass is 10.0. The number of nitrogens with one attached hydrogen (secondary N) is 2. The molecule has 154 valence electrons. The number of amidine groups is 1. The van der Waals surface area contributed by atoms with Gasteiger partial charge in [-0.1, -0.05) is 41.6 Å². The summed E-state index contributed by atoms with van der Waals surface area (Å²) in [5.74, 6) is 1.08. The number of aromatic nitrogens is 3. The predicted molar refractivity (Wildman–Crippen MR) is 122 cm³/mol. The number of hydrazine groups is 1. The number of halogens is 1. The van der Waals surface area contributed by atoms with Gasteiger partial charge in [-0.25, -0.2) is 4.99 Å². The van der Waals surface area contributed by atoms with Crippen LogP contribution in [0.2, 0.25) is 0 Å². The highest BCUT2D eigenvalue weighted by Gasteiger charge is 2.37. The first-order valence-corrected chi connectivity index (χ1v) is 10.8. The van der Waals surface area contributed by atoms with Crippen LogP contribution < -0.4 is 10.2 Å². The van der Waals surface area contributed by atoms with E-state index in [0.29, 0.717) is 17.1 Å². The number of hydrogen-bond acceptors (Lipinski definition) is 6. The molecule has 1 aliphatic rings. The highest BCUT2D eigenvalue weighted by atomic mass is 127. The molecule has 4 rings (SSSR count). The second-order valence-electron chi connectivity index (χ2n) is 6.76. The van der Waals surface area contributed by atoms with Crippen LogP contribution in [0, 0.1) is 0 Å². The summed E-state index contributed by atoms with van der Waals surface area (Å²) in [6, 6.07) is 10.9. The van der Waals surface area contributed by atoms with Crippen LogP contribution in [0.5, 0.6) is 5.75 Å². The van der Waals surface area contributed by atoms with Gasteiger partial charge in [-0.2, -0.15) is 5.10 Å². The number of carbonyl (C=O) groups excluding carboxylic acids is 1. The first-order valence-electron chi connectivity index (χ1n) is 9.53. The van der Waals surface area contributed by atoms with Crippen molar-refractivity contribution in [2.45, 2.75) is 23.3 Å². The number of alkyl halides is 1. The van der Waals surface area contributed by atoms with Gasteiger partial charge in [0.15, 0.2) is 5.84 Å². The van der Waals surface area contributed by atoms with Crippen molar-refractivity contribution in [2.75, 3.05) is 7.11 Å². The lowest BCUT2D eigenvalue weighted by Gasteiger charge is -2.38. The number of methoxy groups -OCH3 is 1. The van der Waals surface area contributed by atoms with Gasteiger partial charge >= 0.3 is 0 Å². The highest BCUT2D eigenvalue weighted by Crippen LogP contribution is 2.39. The quantitative estimate of drug-likeness (QED) is 0.384. The van der Waals surface area contributed by atoms with E-state index in [4.69, 9.17) is 9.73 Å². The first-order chi connectivity index (χ1) is 14.6. The predicted octanol–water partition coefficient (Wildman–Crippen LogP) is 3.81. The van der Waals surface area contributed by atoms with Gasteiger partial charge in [-0.3, -0.25) is 25.3 Å². The Morgan fingerprint density at radius 3 is 2.93 bits per heavy atom. The number of hydrogen-bond donors (Lipinski definition) is 2. The Kier molecular flexibility index (Phi) is 5.98. The van der Waals surface area contributed by atoms with Crippen LogP contribution in [0.1, 0.15) is 41.0 Å². The van der Waals surface area contributed by atoms with Crippen molar-refractivity contribution in [1.29, 1.82) is 0 Å². The first kappa shape index (κ1) is 20.3. The molecule has 0 saturated heterocycles. The Morgan fingerprint density at radius 1 is 1.33 bits per heavy atom. The third-order valence-corrected chi connectivity index (χ3v) is 6.44. The van der Waals surface area contributed by atoms with Crippen molar-refractivity contribution in [3.63, 3.8) is 0 Å². The fraction of sp³-hybridized carbons (Fsp3) is 0.238. The molecule has 2 aromatic heterocycles. The molecule has 30 heavy (non-hydrogen) atoms. The number of fused-ring (bicyclic) bond motifs is 1. The Balaban J connectivity index is 1.81. The standard InChI is InChI=1S/C21H21IN6O2/c1-3-16(22)19-18-17(12-24-26-18)25-20(13-6-4-8-15(10-13)30-2)28(19)27-21(29)14-7-5-9-23-11-14/h4-12,16,19H,3H2,1-2H3,(H,24,26)(H,27,29). The molecule has 0 spiro atoms. The zero-order valence-corrected chi connectivity index (χ0v) is 18.7. The van der Waals surface area contributed by atoms with E-state index >= 15 is 0 Å². The van der Waals surface area contributed by atoms with Crippen molar-refractivity contribution < 1.29 is 9.53 Å². The molecule has 2 atom stereocenters. The second kappa shape index (κ2) is 8.82. The molecule has 0 bridgehead atoms. The molecule has 0 fully saturated rings. The van der Waals surface area contributed by atoms with Crippen LogP contribution in [0.3, 0.4) is 0 Å². The zero-order chi connectivity index (χ0) is 21.1. The number of benzene rings is 1. The van der Waals surface area contributed by atoms with E-state index < -0.39 is 0 Å². The fourth-order valence-electron chi connectivity index (χ4n) is 3.35. The summed E-state index contributed by atoms with van der Waals surface area (Å²) in [6.45, 7) is 2.12. The summed E-state index contributed by atoms with van der Waals surface area (Å²) in [4.78, 5) is 21.9. The lowest BCUT2D eigenvalue weighted by molar-refractivity contribution is 0.0827. The van der Waals surface area contributed by atoms with Crippen LogP contribution in [-0.2, 0) is 0 Å². The fourth-order valence-corrected chi connectivity index (χ4v) is 4.03. The number of amides is 1. The van der Waals surface area contributed by atoms with Gasteiger partial charge in [0.2, 0.25) is 0 Å². The number of rotatable bonds is 6. The van der Waals surface area contributed by atoms with Crippen LogP contribution in [-0.4, -0.2) is 43.0 Å². The van der Waals surface area contributed by atoms with Crippen LogP contribution in [0.15, 0.2) is 60.0 Å². The van der Waals surface area contributed by atoms with Crippen molar-refractivity contribution in [3.8, 4) is 5.75 Å². The number of H-pyrrole nitrogens is 1. The zero-order valence-electron chi connectivity index (χ0n) is 16.5. The van der Waals surface area contributed by atoms with Crippen molar-refractivity contribution in [3.05, 3.63) is 71.8 Å². The van der Waals surface area contributed by atoms with Crippen molar-refractivity contribution in [2.24, 2.45) is 4.99 Å². The van der Waals surface area contributed by atoms with Gasteiger partial charge in [0, 0.05) is 21.9 Å². The third kappa shape index (κ3) is 3.89. The summed E-state index contributed by atoms with van der Waals surface area (Å²) in [7, 11) is 1.62. The maximum Gasteiger partial charge on any atom is 0.271 e. The third-order valence-electron chi connectivity index (χ3n) is 4.88. The molecule has 1 amide bonds. The van der Waals surface area contributed by atoms with E-state index in [1.165, 1.54) is 0 Å². The van der Waals surface area contributed by atoms with E-state index in [0.717, 1.165) is 23.4 Å².